The molecular formula is C25H26N4O2. The first kappa shape index (κ1) is 19.5. The van der Waals surface area contributed by atoms with Gasteiger partial charge in [-0.25, -0.2) is 4.98 Å². The second kappa shape index (κ2) is 7.38. The lowest BCUT2D eigenvalue weighted by Gasteiger charge is -2.28. The summed E-state index contributed by atoms with van der Waals surface area (Å²) in [5.74, 6) is 0.802. The van der Waals surface area contributed by atoms with Gasteiger partial charge in [0.05, 0.1) is 16.9 Å². The van der Waals surface area contributed by atoms with Gasteiger partial charge < -0.3 is 15.6 Å². The van der Waals surface area contributed by atoms with Gasteiger partial charge in [0.15, 0.2) is 5.78 Å². The number of Topliss-reactive ketones (excluding diaryl/α,β-unsaturated/α-hetero) is 1. The predicted molar refractivity (Wildman–Crippen MR) is 122 cm³/mol. The first-order valence-corrected chi connectivity index (χ1v) is 10.8. The Labute approximate surface area is 181 Å². The molecular weight excluding hydrogens is 388 g/mol. The first-order valence-electron chi connectivity index (χ1n) is 10.8. The van der Waals surface area contributed by atoms with Gasteiger partial charge in [-0.05, 0) is 48.9 Å². The molecule has 0 radical (unpaired) electrons. The number of nitrogens with one attached hydrogen (secondary N) is 3. The molecule has 158 valence electrons. The van der Waals surface area contributed by atoms with E-state index >= 15 is 0 Å². The van der Waals surface area contributed by atoms with Gasteiger partial charge >= 0.3 is 0 Å². The van der Waals surface area contributed by atoms with Gasteiger partial charge in [-0.3, -0.25) is 9.59 Å². The molecule has 6 nitrogen and oxygen atoms in total. The number of hydrogen-bond acceptors (Lipinski definition) is 4. The minimum absolute atomic E-state index is 0.0231. The van der Waals surface area contributed by atoms with E-state index in [1.54, 1.807) is 6.20 Å². The number of pyridine rings is 1. The number of nitrogens with zero attached hydrogens (tertiary/aromatic N) is 1. The molecule has 2 aliphatic rings. The lowest BCUT2D eigenvalue weighted by Crippen LogP contribution is -2.26. The van der Waals surface area contributed by atoms with Crippen LogP contribution < -0.4 is 10.6 Å². The van der Waals surface area contributed by atoms with Crippen LogP contribution in [-0.2, 0) is 11.2 Å². The molecule has 1 aromatic carbocycles. The van der Waals surface area contributed by atoms with Crippen molar-refractivity contribution in [3.63, 3.8) is 0 Å². The van der Waals surface area contributed by atoms with E-state index in [1.807, 2.05) is 42.5 Å². The Hall–Kier alpha value is -3.41. The van der Waals surface area contributed by atoms with Crippen molar-refractivity contribution in [2.24, 2.45) is 11.3 Å². The molecule has 3 N–H and O–H groups in total. The molecule has 2 aliphatic carbocycles. The van der Waals surface area contributed by atoms with Crippen molar-refractivity contribution >= 4 is 28.9 Å². The largest absolute Gasteiger partial charge is 0.356 e. The third kappa shape index (κ3) is 3.98. The van der Waals surface area contributed by atoms with Gasteiger partial charge in [0, 0.05) is 35.5 Å². The van der Waals surface area contributed by atoms with Crippen molar-refractivity contribution in [3.05, 3.63) is 59.9 Å². The molecule has 0 spiro atoms. The highest BCUT2D eigenvalue weighted by molar-refractivity contribution is 6.08. The maximum atomic E-state index is 13.1. The van der Waals surface area contributed by atoms with Crippen LogP contribution in [0.1, 0.15) is 49.2 Å². The minimum Gasteiger partial charge on any atom is -0.356 e. The van der Waals surface area contributed by atoms with E-state index in [4.69, 9.17) is 0 Å². The van der Waals surface area contributed by atoms with Gasteiger partial charge in [0.2, 0.25) is 5.91 Å². The maximum Gasteiger partial charge on any atom is 0.228 e. The molecule has 0 atom stereocenters. The van der Waals surface area contributed by atoms with Crippen molar-refractivity contribution < 1.29 is 9.59 Å². The van der Waals surface area contributed by atoms with E-state index in [9.17, 15) is 9.59 Å². The summed E-state index contributed by atoms with van der Waals surface area (Å²) in [6, 6.07) is 13.6. The highest BCUT2D eigenvalue weighted by Gasteiger charge is 2.36. The van der Waals surface area contributed by atoms with Gasteiger partial charge in [0.1, 0.15) is 5.82 Å². The summed E-state index contributed by atoms with van der Waals surface area (Å²) in [5, 5.41) is 6.38. The highest BCUT2D eigenvalue weighted by atomic mass is 16.2. The van der Waals surface area contributed by atoms with Gasteiger partial charge in [-0.1, -0.05) is 32.0 Å². The number of aromatic amines is 1. The molecule has 0 bridgehead atoms. The van der Waals surface area contributed by atoms with Gasteiger partial charge in [-0.2, -0.15) is 0 Å². The fourth-order valence-corrected chi connectivity index (χ4v) is 4.29. The second-order valence-electron chi connectivity index (χ2n) is 9.35. The normalized spacial score (nSPS) is 17.2. The third-order valence-corrected chi connectivity index (χ3v) is 5.94. The molecule has 31 heavy (non-hydrogen) atoms. The average molecular weight is 415 g/mol. The standard InChI is InChI=1S/C25H26N4O2/c1-25(2)13-18-21(19(30)14-25)23(27-17-6-4-3-5-7-17)22(28-18)16-10-11-26-20(12-16)29-24(31)15-8-9-15/h3-7,10-12,15,27-28H,8-9,13-14H2,1-2H3,(H,26,29,31). The number of carbonyl (C=O) groups is 2. The van der Waals surface area contributed by atoms with Crippen LogP contribution in [0.25, 0.3) is 11.3 Å². The smallest absolute Gasteiger partial charge is 0.228 e. The first-order chi connectivity index (χ1) is 14.9. The Morgan fingerprint density at radius 3 is 2.65 bits per heavy atom. The van der Waals surface area contributed by atoms with Crippen LogP contribution in [-0.4, -0.2) is 21.7 Å². The molecule has 2 aromatic heterocycles. The summed E-state index contributed by atoms with van der Waals surface area (Å²) >= 11 is 0. The van der Waals surface area contributed by atoms with E-state index in [1.165, 1.54) is 0 Å². The predicted octanol–water partition coefficient (Wildman–Crippen LogP) is 5.32. The zero-order valence-corrected chi connectivity index (χ0v) is 17.8. The number of hydrogen-bond donors (Lipinski definition) is 3. The molecule has 3 aromatic rings. The zero-order chi connectivity index (χ0) is 21.6. The van der Waals surface area contributed by atoms with E-state index in [0.717, 1.165) is 53.2 Å². The second-order valence-corrected chi connectivity index (χ2v) is 9.35. The van der Waals surface area contributed by atoms with Crippen LogP contribution in [0.2, 0.25) is 0 Å². The van der Waals surface area contributed by atoms with Crippen molar-refractivity contribution in [2.45, 2.75) is 39.5 Å². The topological polar surface area (TPSA) is 86.9 Å². The molecule has 5 rings (SSSR count). The minimum atomic E-state index is -0.0855. The summed E-state index contributed by atoms with van der Waals surface area (Å²) in [7, 11) is 0. The van der Waals surface area contributed by atoms with Crippen molar-refractivity contribution in [2.75, 3.05) is 10.6 Å². The quantitative estimate of drug-likeness (QED) is 0.527. The summed E-state index contributed by atoms with van der Waals surface area (Å²) < 4.78 is 0. The van der Waals surface area contributed by atoms with Gasteiger partial charge in [0.25, 0.3) is 0 Å². The molecule has 0 saturated heterocycles. The Morgan fingerprint density at radius 1 is 1.13 bits per heavy atom. The Morgan fingerprint density at radius 2 is 1.90 bits per heavy atom. The van der Waals surface area contributed by atoms with Crippen LogP contribution in [0.15, 0.2) is 48.7 Å². The Kier molecular flexibility index (Phi) is 4.65. The number of aromatic nitrogens is 2. The lowest BCUT2D eigenvalue weighted by molar-refractivity contribution is -0.117. The lowest BCUT2D eigenvalue weighted by atomic mass is 9.76. The molecule has 1 saturated carbocycles. The number of carbonyl (C=O) groups excluding carboxylic acids is 2. The Balaban J connectivity index is 1.58. The molecule has 2 heterocycles. The summed E-state index contributed by atoms with van der Waals surface area (Å²) in [6.07, 6.45) is 4.89. The maximum absolute atomic E-state index is 13.1. The molecule has 0 aliphatic heterocycles. The van der Waals surface area contributed by atoms with Crippen molar-refractivity contribution in [3.8, 4) is 11.3 Å². The van der Waals surface area contributed by atoms with Gasteiger partial charge in [-0.15, -0.1) is 0 Å². The summed E-state index contributed by atoms with van der Waals surface area (Å²) in [4.78, 5) is 33.1. The number of fused-ring (bicyclic) bond motifs is 1. The van der Waals surface area contributed by atoms with E-state index in [0.29, 0.717) is 12.2 Å². The molecule has 1 fully saturated rings. The SMILES string of the molecule is CC1(C)CC(=O)c2c([nH]c(-c3ccnc(NC(=O)C4CC4)c3)c2Nc2ccccc2)C1. The molecule has 6 heteroatoms. The van der Waals surface area contributed by atoms with Crippen LogP contribution in [0.5, 0.6) is 0 Å². The van der Waals surface area contributed by atoms with Crippen LogP contribution in [0.3, 0.4) is 0 Å². The zero-order valence-electron chi connectivity index (χ0n) is 17.8. The Bertz CT molecular complexity index is 1160. The number of para-hydroxylation sites is 1. The van der Waals surface area contributed by atoms with Crippen molar-refractivity contribution in [1.82, 2.24) is 9.97 Å². The summed E-state index contributed by atoms with van der Waals surface area (Å²) in [6.45, 7) is 4.24. The number of H-pyrrole nitrogens is 1. The van der Waals surface area contributed by atoms with Crippen molar-refractivity contribution in [1.29, 1.82) is 0 Å². The molecule has 0 unspecified atom stereocenters. The summed E-state index contributed by atoms with van der Waals surface area (Å²) in [5.41, 5.74) is 5.02. The fraction of sp³-hybridized carbons (Fsp3) is 0.320. The number of anilines is 3. The average Bonchev–Trinajstić information content (AvgIpc) is 3.51. The van der Waals surface area contributed by atoms with E-state index in [-0.39, 0.29) is 23.0 Å². The number of ketones is 1. The number of benzene rings is 1. The van der Waals surface area contributed by atoms with E-state index < -0.39 is 0 Å². The van der Waals surface area contributed by atoms with Crippen LogP contribution in [0.4, 0.5) is 17.2 Å². The van der Waals surface area contributed by atoms with Crippen LogP contribution >= 0.6 is 0 Å². The van der Waals surface area contributed by atoms with Crippen LogP contribution in [0, 0.1) is 11.3 Å². The molecule has 1 amide bonds. The highest BCUT2D eigenvalue weighted by Crippen LogP contribution is 2.43. The third-order valence-electron chi connectivity index (χ3n) is 5.94. The number of amides is 1. The fourth-order valence-electron chi connectivity index (χ4n) is 4.29. The monoisotopic (exact) mass is 414 g/mol. The van der Waals surface area contributed by atoms with E-state index in [2.05, 4.69) is 34.4 Å². The number of rotatable bonds is 5.